The molecule has 302 valence electrons. The van der Waals surface area contributed by atoms with Crippen LogP contribution in [-0.2, 0) is 9.59 Å². The molecule has 9 rings (SSSR count). The lowest BCUT2D eigenvalue weighted by Crippen LogP contribution is -2.61. The van der Waals surface area contributed by atoms with Crippen LogP contribution in [0, 0.1) is 29.7 Å². The van der Waals surface area contributed by atoms with Crippen LogP contribution in [0.15, 0.2) is 60.7 Å². The average molecular weight is 812 g/mol. The Hall–Kier alpha value is -5.69. The molecule has 1 N–H and O–H groups in total. The Morgan fingerprint density at radius 3 is 2.24 bits per heavy atom. The van der Waals surface area contributed by atoms with Gasteiger partial charge in [0, 0.05) is 84.9 Å². The van der Waals surface area contributed by atoms with Crippen LogP contribution in [0.2, 0.25) is 5.02 Å². The zero-order valence-corrected chi connectivity index (χ0v) is 33.7. The van der Waals surface area contributed by atoms with Gasteiger partial charge in [0.05, 0.1) is 23.4 Å². The van der Waals surface area contributed by atoms with Gasteiger partial charge in [0.1, 0.15) is 6.04 Å². The van der Waals surface area contributed by atoms with Gasteiger partial charge in [-0.05, 0) is 107 Å². The highest BCUT2D eigenvalue weighted by Gasteiger charge is 2.47. The zero-order valence-electron chi connectivity index (χ0n) is 32.9. The monoisotopic (exact) mass is 811 g/mol. The van der Waals surface area contributed by atoms with Crippen molar-refractivity contribution in [3.8, 4) is 11.8 Å². The Bertz CT molecular complexity index is 2310. The third-order valence-corrected chi connectivity index (χ3v) is 13.7. The highest BCUT2D eigenvalue weighted by molar-refractivity contribution is 6.33. The maximum Gasteiger partial charge on any atom is 0.264 e. The summed E-state index contributed by atoms with van der Waals surface area (Å²) in [6, 6.07) is 18.1. The number of carbonyl (C=O) groups is 5. The maximum atomic E-state index is 13.6. The first kappa shape index (κ1) is 38.8. The van der Waals surface area contributed by atoms with E-state index < -0.39 is 23.8 Å². The number of piperidine rings is 4. The van der Waals surface area contributed by atoms with Gasteiger partial charge in [-0.15, -0.1) is 0 Å². The highest BCUT2D eigenvalue weighted by atomic mass is 35.5. The molecule has 13 heteroatoms. The van der Waals surface area contributed by atoms with E-state index in [1.165, 1.54) is 0 Å². The number of rotatable bonds is 5. The largest absolute Gasteiger partial charge is 0.371 e. The van der Waals surface area contributed by atoms with Gasteiger partial charge in [0.25, 0.3) is 17.7 Å². The lowest BCUT2D eigenvalue weighted by molar-refractivity contribution is -0.136. The number of nitrogens with zero attached hydrogens (tertiary/aromatic N) is 6. The summed E-state index contributed by atoms with van der Waals surface area (Å²) in [6.07, 6.45) is 6.05. The number of nitrogens with one attached hydrogen (secondary N) is 1. The van der Waals surface area contributed by atoms with Crippen LogP contribution in [-0.4, -0.2) is 109 Å². The van der Waals surface area contributed by atoms with Gasteiger partial charge >= 0.3 is 0 Å². The molecule has 6 aliphatic rings. The molecule has 6 aliphatic heterocycles. The molecule has 0 radical (unpaired) electrons. The average Bonchev–Trinajstić information content (AvgIpc) is 3.50. The number of anilines is 2. The summed E-state index contributed by atoms with van der Waals surface area (Å²) >= 11 is 6.27. The van der Waals surface area contributed by atoms with Crippen molar-refractivity contribution in [1.82, 2.24) is 20.0 Å². The van der Waals surface area contributed by atoms with Crippen LogP contribution in [0.4, 0.5) is 17.1 Å². The molecule has 0 bridgehead atoms. The van der Waals surface area contributed by atoms with E-state index >= 15 is 0 Å². The molecule has 3 aromatic carbocycles. The molecule has 6 heterocycles. The molecular formula is C46H46ClN7O5. The second-order valence-electron chi connectivity index (χ2n) is 16.9. The van der Waals surface area contributed by atoms with Crippen molar-refractivity contribution in [2.75, 3.05) is 62.2 Å². The normalized spacial score (nSPS) is 22.4. The number of halogens is 1. The number of benzene rings is 3. The topological polar surface area (TPSA) is 118 Å². The summed E-state index contributed by atoms with van der Waals surface area (Å²) in [5.74, 6) is 5.32. The molecule has 3 aromatic rings. The number of hydrogen-bond acceptors (Lipinski definition) is 8. The lowest BCUT2D eigenvalue weighted by Gasteiger charge is -2.55. The van der Waals surface area contributed by atoms with Crippen molar-refractivity contribution < 1.29 is 24.0 Å². The molecular weight excluding hydrogens is 766 g/mol. The third kappa shape index (κ3) is 7.45. The number of carbonyl (C=O) groups excluding carboxylic acids is 5. The van der Waals surface area contributed by atoms with Crippen molar-refractivity contribution in [2.24, 2.45) is 11.3 Å². The first-order valence-corrected chi connectivity index (χ1v) is 21.1. The Balaban J connectivity index is 0.725. The van der Waals surface area contributed by atoms with E-state index in [-0.39, 0.29) is 30.1 Å². The fraction of sp³-hybridized carbons (Fsp3) is 0.435. The number of hydrogen-bond donors (Lipinski definition) is 1. The molecule has 0 aromatic heterocycles. The first-order valence-electron chi connectivity index (χ1n) is 20.8. The van der Waals surface area contributed by atoms with Crippen LogP contribution in [0.5, 0.6) is 0 Å². The Labute approximate surface area is 349 Å². The van der Waals surface area contributed by atoms with E-state index in [1.54, 1.807) is 18.2 Å². The van der Waals surface area contributed by atoms with Gasteiger partial charge in [-0.25, -0.2) is 4.85 Å². The Morgan fingerprint density at radius 1 is 0.831 bits per heavy atom. The summed E-state index contributed by atoms with van der Waals surface area (Å²) in [5.41, 5.74) is 4.75. The Kier molecular flexibility index (Phi) is 10.4. The number of fused-ring (bicyclic) bond motifs is 1. The molecule has 12 nitrogen and oxygen atoms in total. The van der Waals surface area contributed by atoms with E-state index in [2.05, 4.69) is 36.7 Å². The van der Waals surface area contributed by atoms with Crippen molar-refractivity contribution >= 4 is 58.2 Å². The van der Waals surface area contributed by atoms with E-state index in [0.29, 0.717) is 39.4 Å². The highest BCUT2D eigenvalue weighted by Crippen LogP contribution is 2.44. The van der Waals surface area contributed by atoms with Crippen molar-refractivity contribution in [3.63, 3.8) is 0 Å². The minimum Gasteiger partial charge on any atom is -0.371 e. The van der Waals surface area contributed by atoms with E-state index in [4.69, 9.17) is 18.2 Å². The molecule has 59 heavy (non-hydrogen) atoms. The van der Waals surface area contributed by atoms with Gasteiger partial charge in [0.15, 0.2) is 0 Å². The molecule has 1 atom stereocenters. The molecule has 5 saturated heterocycles. The summed E-state index contributed by atoms with van der Waals surface area (Å²) in [4.78, 5) is 78.2. The smallest absolute Gasteiger partial charge is 0.264 e. The van der Waals surface area contributed by atoms with Gasteiger partial charge < -0.3 is 19.6 Å². The van der Waals surface area contributed by atoms with Gasteiger partial charge in [-0.3, -0.25) is 34.2 Å². The quantitative estimate of drug-likeness (QED) is 0.196. The van der Waals surface area contributed by atoms with Gasteiger partial charge in [0.2, 0.25) is 17.5 Å². The van der Waals surface area contributed by atoms with Gasteiger partial charge in [-0.1, -0.05) is 35.6 Å². The lowest BCUT2D eigenvalue weighted by atomic mass is 9.71. The molecule has 5 fully saturated rings. The predicted molar refractivity (Wildman–Crippen MR) is 223 cm³/mol. The standard InChI is InChI=1S/C46H46ClN7O5/c1-48-37-12-11-34(27-36(37)47)53-28-46(29-53)19-25-52(26-20-46)43(57)32-9-7-30(8-10-32)5-6-31-15-21-50(22-16-31)33-17-23-51(24-18-33)38-4-2-3-35-41(38)45(59)54(44(35)58)39-13-14-40(55)49-42(39)56/h2-4,7-12,27,31,33,39H,13-26,28-29H2,(H,49,55,56). The number of imide groups is 2. The SMILES string of the molecule is [C-]#[N+]c1ccc(N2CC3(CCN(C(=O)c4ccc(C#CC5CCN(C6CCN(c7cccc8c7C(=O)N(C7CCC(=O)NC7=O)C8=O)CC6)CC5)cc4)CC3)C2)cc1Cl. The third-order valence-electron chi connectivity index (χ3n) is 13.4. The maximum absolute atomic E-state index is 13.6. The van der Waals surface area contributed by atoms with Crippen molar-refractivity contribution in [1.29, 1.82) is 0 Å². The summed E-state index contributed by atoms with van der Waals surface area (Å²) in [7, 11) is 0. The van der Waals surface area contributed by atoms with Crippen LogP contribution in [0.25, 0.3) is 4.85 Å². The second-order valence-corrected chi connectivity index (χ2v) is 17.3. The summed E-state index contributed by atoms with van der Waals surface area (Å²) < 4.78 is 0. The van der Waals surface area contributed by atoms with Crippen LogP contribution in [0.3, 0.4) is 0 Å². The summed E-state index contributed by atoms with van der Waals surface area (Å²) in [6.45, 7) is 14.1. The first-order chi connectivity index (χ1) is 28.6. The fourth-order valence-corrected chi connectivity index (χ4v) is 10.2. The van der Waals surface area contributed by atoms with Crippen molar-refractivity contribution in [3.05, 3.63) is 99.4 Å². The summed E-state index contributed by atoms with van der Waals surface area (Å²) in [5, 5.41) is 2.75. The van der Waals surface area contributed by atoms with Crippen molar-refractivity contribution in [2.45, 2.75) is 63.5 Å². The van der Waals surface area contributed by atoms with Crippen LogP contribution < -0.4 is 15.1 Å². The van der Waals surface area contributed by atoms with Crippen LogP contribution >= 0.6 is 11.6 Å². The minimum atomic E-state index is -0.979. The second kappa shape index (κ2) is 15.8. The van der Waals surface area contributed by atoms with E-state index in [1.807, 2.05) is 47.4 Å². The molecule has 1 spiro atoms. The van der Waals surface area contributed by atoms with Crippen LogP contribution in [0.1, 0.15) is 88.0 Å². The minimum absolute atomic E-state index is 0.0722. The number of amides is 5. The zero-order chi connectivity index (χ0) is 40.8. The Morgan fingerprint density at radius 2 is 1.56 bits per heavy atom. The molecule has 1 unspecified atom stereocenters. The molecule has 0 saturated carbocycles. The molecule has 5 amide bonds. The fourth-order valence-electron chi connectivity index (χ4n) is 9.94. The number of likely N-dealkylation sites (tertiary alicyclic amines) is 2. The van der Waals surface area contributed by atoms with Gasteiger partial charge in [-0.2, -0.15) is 0 Å². The molecule has 0 aliphatic carbocycles. The van der Waals surface area contributed by atoms with E-state index in [0.717, 1.165) is 113 Å². The predicted octanol–water partition coefficient (Wildman–Crippen LogP) is 5.77. The van der Waals surface area contributed by atoms with E-state index in [9.17, 15) is 24.0 Å².